The Bertz CT molecular complexity index is 1180. The van der Waals surface area contributed by atoms with Gasteiger partial charge in [-0.1, -0.05) is 67.9 Å². The standard InChI is InChI=1S/C29H35ClN2O4/c1-19-24(26(33)34)29(5,22-13-10-14-23(30)15-22)25(27(35)36)20(2)32(19)18-28(3,4)17-31(6)16-21-11-8-7-9-12-21/h7-15H,16-18H2,1-6H3,(H,33,34)(H,35,36). The number of carbonyl (C=O) groups is 2. The third-order valence-electron chi connectivity index (χ3n) is 6.94. The fraction of sp³-hybridized carbons (Fsp3) is 0.379. The zero-order valence-electron chi connectivity index (χ0n) is 21.8. The van der Waals surface area contributed by atoms with Gasteiger partial charge in [-0.2, -0.15) is 0 Å². The molecule has 0 saturated carbocycles. The zero-order chi connectivity index (χ0) is 26.8. The monoisotopic (exact) mass is 510 g/mol. The third kappa shape index (κ3) is 5.50. The summed E-state index contributed by atoms with van der Waals surface area (Å²) in [6.07, 6.45) is 0. The molecule has 192 valence electrons. The van der Waals surface area contributed by atoms with Crippen molar-refractivity contribution < 1.29 is 19.8 Å². The van der Waals surface area contributed by atoms with E-state index in [0.29, 0.717) is 28.5 Å². The summed E-state index contributed by atoms with van der Waals surface area (Å²) in [7, 11) is 2.05. The van der Waals surface area contributed by atoms with Crippen molar-refractivity contribution in [3.63, 3.8) is 0 Å². The normalized spacial score (nSPS) is 16.1. The maximum Gasteiger partial charge on any atom is 0.334 e. The molecule has 2 aromatic rings. The van der Waals surface area contributed by atoms with Gasteiger partial charge in [0.15, 0.2) is 0 Å². The van der Waals surface area contributed by atoms with Crippen LogP contribution < -0.4 is 0 Å². The fourth-order valence-electron chi connectivity index (χ4n) is 5.59. The molecule has 36 heavy (non-hydrogen) atoms. The number of allylic oxidation sites excluding steroid dienone is 2. The van der Waals surface area contributed by atoms with E-state index in [2.05, 4.69) is 37.9 Å². The molecule has 1 aliphatic rings. The number of nitrogens with zero attached hydrogens (tertiary/aromatic N) is 2. The number of aliphatic carboxylic acids is 2. The van der Waals surface area contributed by atoms with Crippen LogP contribution in [0.1, 0.15) is 45.7 Å². The Labute approximate surface area is 218 Å². The third-order valence-corrected chi connectivity index (χ3v) is 7.18. The summed E-state index contributed by atoms with van der Waals surface area (Å²) in [4.78, 5) is 29.4. The summed E-state index contributed by atoms with van der Waals surface area (Å²) < 4.78 is 0. The second-order valence-electron chi connectivity index (χ2n) is 10.6. The summed E-state index contributed by atoms with van der Waals surface area (Å²) in [5.41, 5.74) is 1.24. The molecule has 2 N–H and O–H groups in total. The molecule has 0 amide bonds. The Morgan fingerprint density at radius 2 is 1.53 bits per heavy atom. The maximum atomic E-state index is 12.7. The van der Waals surface area contributed by atoms with E-state index in [9.17, 15) is 19.8 Å². The summed E-state index contributed by atoms with van der Waals surface area (Å²) >= 11 is 6.23. The first kappa shape index (κ1) is 27.5. The van der Waals surface area contributed by atoms with Gasteiger partial charge in [-0.25, -0.2) is 9.59 Å². The van der Waals surface area contributed by atoms with Crippen LogP contribution >= 0.6 is 11.6 Å². The quantitative estimate of drug-likeness (QED) is 0.444. The minimum Gasteiger partial charge on any atom is -0.478 e. The number of hydrogen-bond acceptors (Lipinski definition) is 4. The molecule has 0 radical (unpaired) electrons. The van der Waals surface area contributed by atoms with E-state index in [0.717, 1.165) is 13.1 Å². The van der Waals surface area contributed by atoms with Gasteiger partial charge in [0, 0.05) is 36.1 Å². The van der Waals surface area contributed by atoms with Crippen LogP contribution in [0.15, 0.2) is 77.1 Å². The van der Waals surface area contributed by atoms with Gasteiger partial charge in [0.1, 0.15) is 0 Å². The number of hydrogen-bond donors (Lipinski definition) is 2. The van der Waals surface area contributed by atoms with E-state index in [1.807, 2.05) is 23.1 Å². The lowest BCUT2D eigenvalue weighted by Gasteiger charge is -2.45. The summed E-state index contributed by atoms with van der Waals surface area (Å²) in [5.74, 6) is -2.30. The van der Waals surface area contributed by atoms with E-state index in [4.69, 9.17) is 11.6 Å². The lowest BCUT2D eigenvalue weighted by molar-refractivity contribution is -0.134. The van der Waals surface area contributed by atoms with Gasteiger partial charge in [0.2, 0.25) is 0 Å². The molecule has 0 unspecified atom stereocenters. The van der Waals surface area contributed by atoms with Crippen molar-refractivity contribution in [2.24, 2.45) is 5.41 Å². The van der Waals surface area contributed by atoms with E-state index >= 15 is 0 Å². The molecule has 0 spiro atoms. The molecule has 0 bridgehead atoms. The van der Waals surface area contributed by atoms with E-state index in [1.54, 1.807) is 45.0 Å². The highest BCUT2D eigenvalue weighted by atomic mass is 35.5. The predicted octanol–water partition coefficient (Wildman–Crippen LogP) is 5.79. The molecule has 3 rings (SSSR count). The van der Waals surface area contributed by atoms with Gasteiger partial charge in [-0.3, -0.25) is 0 Å². The van der Waals surface area contributed by atoms with Crippen molar-refractivity contribution in [3.05, 3.63) is 93.3 Å². The van der Waals surface area contributed by atoms with Gasteiger partial charge in [0.05, 0.1) is 16.6 Å². The molecule has 1 aliphatic heterocycles. The second kappa shape index (κ2) is 10.5. The lowest BCUT2D eigenvalue weighted by Crippen LogP contribution is -2.47. The summed E-state index contributed by atoms with van der Waals surface area (Å²) in [6, 6.07) is 17.0. The zero-order valence-corrected chi connectivity index (χ0v) is 22.6. The van der Waals surface area contributed by atoms with Crippen LogP contribution in [0.3, 0.4) is 0 Å². The van der Waals surface area contributed by atoms with Crippen LogP contribution in [-0.4, -0.2) is 52.1 Å². The SMILES string of the molecule is CC1=C(C(=O)O)C(C)(c2cccc(Cl)c2)C(C(=O)O)=C(C)N1CC(C)(C)CN(C)Cc1ccccc1. The molecule has 0 saturated heterocycles. The van der Waals surface area contributed by atoms with Crippen LogP contribution in [0.2, 0.25) is 5.02 Å². The molecule has 0 fully saturated rings. The van der Waals surface area contributed by atoms with Gasteiger partial charge >= 0.3 is 11.9 Å². The van der Waals surface area contributed by atoms with Crippen LogP contribution in [0.4, 0.5) is 0 Å². The maximum absolute atomic E-state index is 12.7. The van der Waals surface area contributed by atoms with Crippen LogP contribution in [0.5, 0.6) is 0 Å². The average molecular weight is 511 g/mol. The van der Waals surface area contributed by atoms with Crippen LogP contribution in [-0.2, 0) is 21.5 Å². The molecule has 0 atom stereocenters. The Kier molecular flexibility index (Phi) is 8.01. The minimum absolute atomic E-state index is 0.0428. The molecule has 0 aliphatic carbocycles. The van der Waals surface area contributed by atoms with E-state index in [-0.39, 0.29) is 16.6 Å². The predicted molar refractivity (Wildman–Crippen MR) is 143 cm³/mol. The highest BCUT2D eigenvalue weighted by Crippen LogP contribution is 2.48. The Morgan fingerprint density at radius 3 is 2.03 bits per heavy atom. The van der Waals surface area contributed by atoms with Gasteiger partial charge in [-0.05, 0) is 56.5 Å². The first-order valence-corrected chi connectivity index (χ1v) is 12.3. The van der Waals surface area contributed by atoms with E-state index < -0.39 is 17.4 Å². The van der Waals surface area contributed by atoms with Crippen molar-refractivity contribution in [3.8, 4) is 0 Å². The van der Waals surface area contributed by atoms with Gasteiger partial charge in [0.25, 0.3) is 0 Å². The summed E-state index contributed by atoms with van der Waals surface area (Å²) in [6.45, 7) is 11.4. The smallest absolute Gasteiger partial charge is 0.334 e. The number of carboxylic acid groups (broad SMARTS) is 2. The van der Waals surface area contributed by atoms with Gasteiger partial charge < -0.3 is 20.0 Å². The topological polar surface area (TPSA) is 81.1 Å². The number of halogens is 1. The lowest BCUT2D eigenvalue weighted by atomic mass is 9.66. The van der Waals surface area contributed by atoms with Crippen molar-refractivity contribution in [2.75, 3.05) is 20.1 Å². The largest absolute Gasteiger partial charge is 0.478 e. The second-order valence-corrected chi connectivity index (χ2v) is 11.0. The van der Waals surface area contributed by atoms with Crippen molar-refractivity contribution in [1.82, 2.24) is 9.80 Å². The van der Waals surface area contributed by atoms with Crippen LogP contribution in [0.25, 0.3) is 0 Å². The molecular weight excluding hydrogens is 476 g/mol. The highest BCUT2D eigenvalue weighted by Gasteiger charge is 2.49. The van der Waals surface area contributed by atoms with Gasteiger partial charge in [-0.15, -0.1) is 0 Å². The van der Waals surface area contributed by atoms with Crippen molar-refractivity contribution in [2.45, 2.75) is 46.6 Å². The number of benzene rings is 2. The highest BCUT2D eigenvalue weighted by molar-refractivity contribution is 6.30. The molecule has 6 nitrogen and oxygen atoms in total. The molecular formula is C29H35ClN2O4. The Balaban J connectivity index is 2.03. The summed E-state index contributed by atoms with van der Waals surface area (Å²) in [5, 5.41) is 21.1. The molecule has 2 aromatic carbocycles. The van der Waals surface area contributed by atoms with Crippen LogP contribution in [0, 0.1) is 5.41 Å². The first-order valence-electron chi connectivity index (χ1n) is 11.9. The molecule has 0 aromatic heterocycles. The fourth-order valence-corrected chi connectivity index (χ4v) is 5.78. The average Bonchev–Trinajstić information content (AvgIpc) is 2.76. The van der Waals surface area contributed by atoms with E-state index in [1.165, 1.54) is 5.56 Å². The van der Waals surface area contributed by atoms with Crippen molar-refractivity contribution >= 4 is 23.5 Å². The molecule has 1 heterocycles. The molecule has 7 heteroatoms. The Morgan fingerprint density at radius 1 is 0.972 bits per heavy atom. The van der Waals surface area contributed by atoms with Crippen molar-refractivity contribution in [1.29, 1.82) is 0 Å². The first-order chi connectivity index (χ1) is 16.8. The number of rotatable bonds is 9. The Hall–Kier alpha value is -3.09. The minimum atomic E-state index is -1.37. The number of carboxylic acids is 2.